The Kier molecular flexibility index (Phi) is 3.22. The van der Waals surface area contributed by atoms with Gasteiger partial charge in [0.25, 0.3) is 0 Å². The Balaban J connectivity index is 2.02. The van der Waals surface area contributed by atoms with E-state index in [-0.39, 0.29) is 6.61 Å². The van der Waals surface area contributed by atoms with Crippen molar-refractivity contribution in [3.8, 4) is 0 Å². The molecule has 0 spiro atoms. The minimum absolute atomic E-state index is 0.0707. The van der Waals surface area contributed by atoms with E-state index < -0.39 is 0 Å². The van der Waals surface area contributed by atoms with Gasteiger partial charge in [-0.1, -0.05) is 12.1 Å². The van der Waals surface area contributed by atoms with Crippen LogP contribution >= 0.6 is 0 Å². The summed E-state index contributed by atoms with van der Waals surface area (Å²) in [5.41, 5.74) is 3.04. The van der Waals surface area contributed by atoms with Crippen molar-refractivity contribution in [2.75, 3.05) is 5.32 Å². The second-order valence-electron chi connectivity index (χ2n) is 3.71. The topological polar surface area (TPSA) is 50.1 Å². The van der Waals surface area contributed by atoms with E-state index in [0.29, 0.717) is 0 Å². The zero-order valence-corrected chi connectivity index (χ0v) is 9.22. The Morgan fingerprint density at radius 2 is 2.31 bits per heavy atom. The lowest BCUT2D eigenvalue weighted by Crippen LogP contribution is -2.04. The van der Waals surface area contributed by atoms with E-state index in [1.54, 1.807) is 6.33 Å². The maximum atomic E-state index is 9.02. The second-order valence-corrected chi connectivity index (χ2v) is 3.71. The monoisotopic (exact) mass is 217 g/mol. The lowest BCUT2D eigenvalue weighted by atomic mass is 10.2. The van der Waals surface area contributed by atoms with Crippen molar-refractivity contribution in [1.82, 2.24) is 9.55 Å². The lowest BCUT2D eigenvalue weighted by Gasteiger charge is -2.07. The summed E-state index contributed by atoms with van der Waals surface area (Å²) in [6, 6.07) is 7.75. The van der Waals surface area contributed by atoms with E-state index in [1.165, 1.54) is 0 Å². The van der Waals surface area contributed by atoms with Gasteiger partial charge >= 0.3 is 0 Å². The van der Waals surface area contributed by atoms with Crippen LogP contribution in [0.15, 0.2) is 36.8 Å². The summed E-state index contributed by atoms with van der Waals surface area (Å²) >= 11 is 0. The fourth-order valence-electron chi connectivity index (χ4n) is 1.53. The number of aromatic nitrogens is 2. The number of aliphatic hydroxyl groups is 1. The normalized spacial score (nSPS) is 10.4. The summed E-state index contributed by atoms with van der Waals surface area (Å²) < 4.78 is 1.98. The summed E-state index contributed by atoms with van der Waals surface area (Å²) in [4.78, 5) is 4.05. The number of benzene rings is 1. The third-order valence-electron chi connectivity index (χ3n) is 2.50. The van der Waals surface area contributed by atoms with Gasteiger partial charge in [0.2, 0.25) is 0 Å². The molecular weight excluding hydrogens is 202 g/mol. The first-order valence-corrected chi connectivity index (χ1v) is 5.18. The average Bonchev–Trinajstić information content (AvgIpc) is 2.72. The highest BCUT2D eigenvalue weighted by atomic mass is 16.3. The third kappa shape index (κ3) is 2.41. The van der Waals surface area contributed by atoms with Crippen molar-refractivity contribution in [3.05, 3.63) is 48.0 Å². The van der Waals surface area contributed by atoms with Crippen LogP contribution in [0.25, 0.3) is 0 Å². The molecule has 1 heterocycles. The van der Waals surface area contributed by atoms with E-state index in [2.05, 4.69) is 10.3 Å². The molecule has 0 amide bonds. The van der Waals surface area contributed by atoms with Gasteiger partial charge in [0.15, 0.2) is 0 Å². The standard InChI is InChI=1S/C12H15N3O/c1-15-9-13-6-12(15)7-14-11-4-2-3-10(5-11)8-16/h2-6,9,14,16H,7-8H2,1H3. The van der Waals surface area contributed by atoms with Gasteiger partial charge in [0.05, 0.1) is 25.2 Å². The average molecular weight is 217 g/mol. The van der Waals surface area contributed by atoms with Crippen molar-refractivity contribution >= 4 is 5.69 Å². The van der Waals surface area contributed by atoms with Crippen molar-refractivity contribution in [3.63, 3.8) is 0 Å². The third-order valence-corrected chi connectivity index (χ3v) is 2.50. The molecular formula is C12H15N3O. The number of imidazole rings is 1. The van der Waals surface area contributed by atoms with Crippen LogP contribution in [0.4, 0.5) is 5.69 Å². The van der Waals surface area contributed by atoms with Gasteiger partial charge in [0, 0.05) is 18.9 Å². The molecule has 0 saturated heterocycles. The first-order valence-electron chi connectivity index (χ1n) is 5.18. The van der Waals surface area contributed by atoms with E-state index in [4.69, 9.17) is 5.11 Å². The van der Waals surface area contributed by atoms with E-state index in [0.717, 1.165) is 23.5 Å². The number of hydrogen-bond donors (Lipinski definition) is 2. The molecule has 0 bridgehead atoms. The quantitative estimate of drug-likeness (QED) is 0.816. The molecule has 1 aromatic heterocycles. The van der Waals surface area contributed by atoms with Crippen LogP contribution in [0.2, 0.25) is 0 Å². The molecule has 0 fully saturated rings. The van der Waals surface area contributed by atoms with Crippen LogP contribution < -0.4 is 5.32 Å². The number of nitrogens with one attached hydrogen (secondary N) is 1. The summed E-state index contributed by atoms with van der Waals surface area (Å²) in [6.45, 7) is 0.798. The van der Waals surface area contributed by atoms with E-state index in [1.807, 2.05) is 42.1 Å². The number of hydrogen-bond acceptors (Lipinski definition) is 3. The van der Waals surface area contributed by atoms with Crippen molar-refractivity contribution < 1.29 is 5.11 Å². The van der Waals surface area contributed by atoms with Crippen LogP contribution in [-0.2, 0) is 20.2 Å². The Hall–Kier alpha value is -1.81. The van der Waals surface area contributed by atoms with Gasteiger partial charge in [0.1, 0.15) is 0 Å². The highest BCUT2D eigenvalue weighted by Crippen LogP contribution is 2.11. The van der Waals surface area contributed by atoms with Gasteiger partial charge in [-0.2, -0.15) is 0 Å². The SMILES string of the molecule is Cn1cncc1CNc1cccc(CO)c1. The molecule has 2 aromatic rings. The lowest BCUT2D eigenvalue weighted by molar-refractivity contribution is 0.282. The fourth-order valence-corrected chi connectivity index (χ4v) is 1.53. The van der Waals surface area contributed by atoms with Gasteiger partial charge in [-0.3, -0.25) is 0 Å². The summed E-state index contributed by atoms with van der Waals surface area (Å²) in [6.07, 6.45) is 3.62. The highest BCUT2D eigenvalue weighted by Gasteiger charge is 1.98. The van der Waals surface area contributed by atoms with Gasteiger partial charge in [-0.15, -0.1) is 0 Å². The van der Waals surface area contributed by atoms with Crippen LogP contribution in [0.1, 0.15) is 11.3 Å². The largest absolute Gasteiger partial charge is 0.392 e. The van der Waals surface area contributed by atoms with Crippen molar-refractivity contribution in [2.24, 2.45) is 7.05 Å². The summed E-state index contributed by atoms with van der Waals surface area (Å²) in [5, 5.41) is 12.3. The molecule has 2 N–H and O–H groups in total. The Bertz CT molecular complexity index is 465. The summed E-state index contributed by atoms with van der Waals surface area (Å²) in [7, 11) is 1.97. The van der Waals surface area contributed by atoms with E-state index in [9.17, 15) is 0 Å². The molecule has 0 radical (unpaired) electrons. The van der Waals surface area contributed by atoms with Crippen LogP contribution in [0.5, 0.6) is 0 Å². The molecule has 1 aromatic carbocycles. The first kappa shape index (κ1) is 10.7. The second kappa shape index (κ2) is 4.81. The number of nitrogens with zero attached hydrogens (tertiary/aromatic N) is 2. The maximum absolute atomic E-state index is 9.02. The van der Waals surface area contributed by atoms with Crippen LogP contribution in [0.3, 0.4) is 0 Å². The van der Waals surface area contributed by atoms with Crippen LogP contribution in [0, 0.1) is 0 Å². The van der Waals surface area contributed by atoms with Gasteiger partial charge in [-0.25, -0.2) is 4.98 Å². The zero-order chi connectivity index (χ0) is 11.4. The van der Waals surface area contributed by atoms with Gasteiger partial charge < -0.3 is 15.0 Å². The molecule has 84 valence electrons. The van der Waals surface area contributed by atoms with E-state index >= 15 is 0 Å². The molecule has 0 aliphatic carbocycles. The Labute approximate surface area is 94.6 Å². The minimum atomic E-state index is 0.0707. The molecule has 0 unspecified atom stereocenters. The van der Waals surface area contributed by atoms with Crippen LogP contribution in [-0.4, -0.2) is 14.7 Å². The molecule has 4 nitrogen and oxygen atoms in total. The van der Waals surface area contributed by atoms with Gasteiger partial charge in [-0.05, 0) is 17.7 Å². The molecule has 16 heavy (non-hydrogen) atoms. The Morgan fingerprint density at radius 3 is 3.00 bits per heavy atom. The number of rotatable bonds is 4. The van der Waals surface area contributed by atoms with Crippen molar-refractivity contribution in [2.45, 2.75) is 13.2 Å². The maximum Gasteiger partial charge on any atom is 0.0946 e. The number of anilines is 1. The molecule has 4 heteroatoms. The van der Waals surface area contributed by atoms with Crippen molar-refractivity contribution in [1.29, 1.82) is 0 Å². The zero-order valence-electron chi connectivity index (χ0n) is 9.22. The molecule has 0 aliphatic heterocycles. The minimum Gasteiger partial charge on any atom is -0.392 e. The predicted octanol–water partition coefficient (Wildman–Crippen LogP) is 1.52. The molecule has 0 aliphatic rings. The number of aryl methyl sites for hydroxylation is 1. The smallest absolute Gasteiger partial charge is 0.0946 e. The number of aliphatic hydroxyl groups excluding tert-OH is 1. The Morgan fingerprint density at radius 1 is 1.44 bits per heavy atom. The highest BCUT2D eigenvalue weighted by molar-refractivity contribution is 5.45. The predicted molar refractivity (Wildman–Crippen MR) is 62.9 cm³/mol. The fraction of sp³-hybridized carbons (Fsp3) is 0.250. The molecule has 0 saturated carbocycles. The summed E-state index contributed by atoms with van der Waals surface area (Å²) in [5.74, 6) is 0. The molecule has 0 atom stereocenters. The first-order chi connectivity index (χ1) is 7.79. The molecule has 2 rings (SSSR count).